The Bertz CT molecular complexity index is 760. The van der Waals surface area contributed by atoms with Gasteiger partial charge in [-0.25, -0.2) is 9.50 Å². The number of fused-ring (bicyclic) bond motifs is 1. The van der Waals surface area contributed by atoms with Crippen molar-refractivity contribution in [2.45, 2.75) is 0 Å². The lowest BCUT2D eigenvalue weighted by Gasteiger charge is -2.04. The maximum atomic E-state index is 5.97. The van der Waals surface area contributed by atoms with Gasteiger partial charge in [0.1, 0.15) is 5.75 Å². The van der Waals surface area contributed by atoms with E-state index < -0.39 is 0 Å². The Morgan fingerprint density at radius 1 is 1.20 bits per heavy atom. The predicted octanol–water partition coefficient (Wildman–Crippen LogP) is 2.22. The fraction of sp³-hybridized carbons (Fsp3) is 0.0769. The van der Waals surface area contributed by atoms with Crippen molar-refractivity contribution in [2.75, 3.05) is 18.6 Å². The zero-order valence-corrected chi connectivity index (χ0v) is 11.4. The molecule has 0 aliphatic heterocycles. The number of ether oxygens (including phenoxy) is 1. The van der Waals surface area contributed by atoms with Crippen molar-refractivity contribution in [3.63, 3.8) is 0 Å². The quantitative estimate of drug-likeness (QED) is 0.706. The number of halogens is 1. The first-order valence-corrected chi connectivity index (χ1v) is 6.21. The van der Waals surface area contributed by atoms with Crippen LogP contribution in [0, 0.1) is 0 Å². The van der Waals surface area contributed by atoms with Gasteiger partial charge in [-0.3, -0.25) is 0 Å². The van der Waals surface area contributed by atoms with E-state index in [4.69, 9.17) is 27.8 Å². The maximum Gasteiger partial charge on any atom is 0.182 e. The lowest BCUT2D eigenvalue weighted by Crippen LogP contribution is -1.94. The number of methoxy groups -OCH3 is 1. The molecule has 20 heavy (non-hydrogen) atoms. The van der Waals surface area contributed by atoms with Crippen molar-refractivity contribution in [2.24, 2.45) is 0 Å². The molecule has 0 aliphatic rings. The molecule has 0 fully saturated rings. The molecular formula is C13H12ClN5O. The van der Waals surface area contributed by atoms with Gasteiger partial charge in [0.25, 0.3) is 0 Å². The van der Waals surface area contributed by atoms with Gasteiger partial charge in [0.15, 0.2) is 11.5 Å². The molecule has 0 radical (unpaired) electrons. The molecule has 0 aliphatic carbocycles. The molecule has 3 rings (SSSR count). The van der Waals surface area contributed by atoms with Gasteiger partial charge in [-0.15, -0.1) is 5.10 Å². The summed E-state index contributed by atoms with van der Waals surface area (Å²) in [6.45, 7) is 0. The summed E-state index contributed by atoms with van der Waals surface area (Å²) in [5, 5.41) is 4.81. The third-order valence-electron chi connectivity index (χ3n) is 2.94. The minimum absolute atomic E-state index is 0.450. The van der Waals surface area contributed by atoms with Crippen molar-refractivity contribution in [1.29, 1.82) is 0 Å². The SMILES string of the molecule is COc1cc(-c2nc3cc(Cl)c(N)cn3n2)ccc1N. The highest BCUT2D eigenvalue weighted by Gasteiger charge is 2.10. The third kappa shape index (κ3) is 2.00. The van der Waals surface area contributed by atoms with E-state index in [9.17, 15) is 0 Å². The summed E-state index contributed by atoms with van der Waals surface area (Å²) in [6, 6.07) is 7.04. The summed E-state index contributed by atoms with van der Waals surface area (Å²) in [5.74, 6) is 1.13. The molecule has 6 nitrogen and oxygen atoms in total. The first-order valence-electron chi connectivity index (χ1n) is 5.84. The number of hydrogen-bond donors (Lipinski definition) is 2. The number of anilines is 2. The maximum absolute atomic E-state index is 5.97. The largest absolute Gasteiger partial charge is 0.495 e. The van der Waals surface area contributed by atoms with Crippen molar-refractivity contribution in [3.05, 3.63) is 35.5 Å². The molecule has 0 bridgehead atoms. The van der Waals surface area contributed by atoms with Gasteiger partial charge in [0.05, 0.1) is 29.7 Å². The molecule has 0 unspecified atom stereocenters. The Balaban J connectivity index is 2.14. The van der Waals surface area contributed by atoms with E-state index in [1.807, 2.05) is 6.07 Å². The molecule has 0 saturated carbocycles. The van der Waals surface area contributed by atoms with E-state index in [0.717, 1.165) is 5.56 Å². The zero-order valence-electron chi connectivity index (χ0n) is 10.7. The Labute approximate surface area is 119 Å². The lowest BCUT2D eigenvalue weighted by molar-refractivity contribution is 0.417. The van der Waals surface area contributed by atoms with Gasteiger partial charge in [-0.1, -0.05) is 11.6 Å². The average molecular weight is 290 g/mol. The zero-order chi connectivity index (χ0) is 14.3. The minimum atomic E-state index is 0.450. The fourth-order valence-corrected chi connectivity index (χ4v) is 2.04. The monoisotopic (exact) mass is 289 g/mol. The van der Waals surface area contributed by atoms with E-state index >= 15 is 0 Å². The molecule has 7 heteroatoms. The van der Waals surface area contributed by atoms with Crippen LogP contribution >= 0.6 is 11.6 Å². The van der Waals surface area contributed by atoms with Crippen molar-refractivity contribution in [1.82, 2.24) is 14.6 Å². The number of aromatic nitrogens is 3. The second kappa shape index (κ2) is 4.57. The van der Waals surface area contributed by atoms with E-state index in [-0.39, 0.29) is 0 Å². The van der Waals surface area contributed by atoms with Crippen molar-refractivity contribution >= 4 is 28.6 Å². The molecule has 1 aromatic carbocycles. The number of nitrogens with zero attached hydrogens (tertiary/aromatic N) is 3. The average Bonchev–Trinajstić information content (AvgIpc) is 2.82. The number of pyridine rings is 1. The summed E-state index contributed by atoms with van der Waals surface area (Å²) in [6.07, 6.45) is 1.63. The second-order valence-electron chi connectivity index (χ2n) is 4.27. The van der Waals surface area contributed by atoms with Crippen LogP contribution in [0.1, 0.15) is 0 Å². The first kappa shape index (κ1) is 12.6. The number of hydrogen-bond acceptors (Lipinski definition) is 5. The van der Waals surface area contributed by atoms with Crippen LogP contribution in [0.2, 0.25) is 5.02 Å². The van der Waals surface area contributed by atoms with E-state index in [1.54, 1.807) is 36.0 Å². The molecule has 2 heterocycles. The van der Waals surface area contributed by atoms with Crippen LogP contribution in [0.3, 0.4) is 0 Å². The number of rotatable bonds is 2. The molecule has 0 atom stereocenters. The Kier molecular flexibility index (Phi) is 2.87. The van der Waals surface area contributed by atoms with Crippen LogP contribution in [-0.4, -0.2) is 21.7 Å². The number of nitrogens with two attached hydrogens (primary N) is 2. The van der Waals surface area contributed by atoms with Crippen LogP contribution in [0.25, 0.3) is 17.0 Å². The van der Waals surface area contributed by atoms with Gasteiger partial charge in [-0.05, 0) is 18.2 Å². The summed E-state index contributed by atoms with van der Waals surface area (Å²) in [5.41, 5.74) is 14.0. The van der Waals surface area contributed by atoms with Gasteiger partial charge >= 0.3 is 0 Å². The standard InChI is InChI=1S/C13H12ClN5O/c1-20-11-4-7(2-3-9(11)15)13-17-12-5-8(14)10(16)6-19(12)18-13/h2-6H,15-16H2,1H3. The Morgan fingerprint density at radius 2 is 2.00 bits per heavy atom. The minimum Gasteiger partial charge on any atom is -0.495 e. The summed E-state index contributed by atoms with van der Waals surface area (Å²) in [4.78, 5) is 4.41. The van der Waals surface area contributed by atoms with Crippen LogP contribution in [0.4, 0.5) is 11.4 Å². The number of benzene rings is 1. The third-order valence-corrected chi connectivity index (χ3v) is 3.27. The lowest BCUT2D eigenvalue weighted by atomic mass is 10.2. The van der Waals surface area contributed by atoms with E-state index in [1.165, 1.54) is 0 Å². The van der Waals surface area contributed by atoms with Gasteiger partial charge in [0.2, 0.25) is 0 Å². The molecule has 3 aromatic rings. The molecule has 0 amide bonds. The highest BCUT2D eigenvalue weighted by molar-refractivity contribution is 6.33. The smallest absolute Gasteiger partial charge is 0.182 e. The molecular weight excluding hydrogens is 278 g/mol. The molecule has 4 N–H and O–H groups in total. The normalized spacial score (nSPS) is 10.9. The fourth-order valence-electron chi connectivity index (χ4n) is 1.89. The topological polar surface area (TPSA) is 91.5 Å². The Hall–Kier alpha value is -2.47. The van der Waals surface area contributed by atoms with Gasteiger partial charge in [0, 0.05) is 11.6 Å². The van der Waals surface area contributed by atoms with Gasteiger partial charge in [-0.2, -0.15) is 0 Å². The molecule has 102 valence electrons. The molecule has 0 saturated heterocycles. The first-order chi connectivity index (χ1) is 9.58. The van der Waals surface area contributed by atoms with Crippen molar-refractivity contribution in [3.8, 4) is 17.1 Å². The molecule has 2 aromatic heterocycles. The summed E-state index contributed by atoms with van der Waals surface area (Å²) < 4.78 is 6.77. The predicted molar refractivity (Wildman–Crippen MR) is 78.8 cm³/mol. The van der Waals surface area contributed by atoms with Crippen molar-refractivity contribution < 1.29 is 4.74 Å². The highest BCUT2D eigenvalue weighted by atomic mass is 35.5. The highest BCUT2D eigenvalue weighted by Crippen LogP contribution is 2.28. The summed E-state index contributed by atoms with van der Waals surface area (Å²) >= 11 is 5.97. The number of nitrogen functional groups attached to an aromatic ring is 2. The summed E-state index contributed by atoms with van der Waals surface area (Å²) in [7, 11) is 1.56. The van der Waals surface area contributed by atoms with Gasteiger partial charge < -0.3 is 16.2 Å². The second-order valence-corrected chi connectivity index (χ2v) is 4.68. The van der Waals surface area contributed by atoms with Crippen LogP contribution in [-0.2, 0) is 0 Å². The molecule has 0 spiro atoms. The van der Waals surface area contributed by atoms with E-state index in [0.29, 0.717) is 33.6 Å². The Morgan fingerprint density at radius 3 is 2.75 bits per heavy atom. The van der Waals surface area contributed by atoms with E-state index in [2.05, 4.69) is 10.1 Å². The van der Waals surface area contributed by atoms with Crippen LogP contribution < -0.4 is 16.2 Å². The van der Waals surface area contributed by atoms with Crippen LogP contribution in [0.15, 0.2) is 30.5 Å². The van der Waals surface area contributed by atoms with Crippen LogP contribution in [0.5, 0.6) is 5.75 Å².